The van der Waals surface area contributed by atoms with Crippen molar-refractivity contribution in [3.63, 3.8) is 0 Å². The lowest BCUT2D eigenvalue weighted by Gasteiger charge is -2.28. The Morgan fingerprint density at radius 1 is 1.23 bits per heavy atom. The van der Waals surface area contributed by atoms with Gasteiger partial charge in [-0.2, -0.15) is 0 Å². The fourth-order valence-electron chi connectivity index (χ4n) is 2.78. The lowest BCUT2D eigenvalue weighted by molar-refractivity contribution is -0.149. The maximum Gasteiger partial charge on any atom is 0.331 e. The van der Waals surface area contributed by atoms with Gasteiger partial charge in [-0.25, -0.2) is 14.8 Å². The average molecular weight is 392 g/mol. The number of nitrogens with zero attached hydrogens (tertiary/aromatic N) is 3. The van der Waals surface area contributed by atoms with Crippen LogP contribution in [0.2, 0.25) is 5.02 Å². The Morgan fingerprint density at radius 3 is 2.50 bits per heavy atom. The molecule has 1 saturated carbocycles. The molecule has 1 amide bonds. The largest absolute Gasteiger partial charge is 0.479 e. The first-order valence-corrected chi connectivity index (χ1v) is 8.72. The van der Waals surface area contributed by atoms with Crippen LogP contribution in [0.5, 0.6) is 0 Å². The summed E-state index contributed by atoms with van der Waals surface area (Å²) in [4.78, 5) is 34.1. The van der Waals surface area contributed by atoms with Gasteiger partial charge in [0.25, 0.3) is 0 Å². The van der Waals surface area contributed by atoms with Gasteiger partial charge in [-0.15, -0.1) is 0 Å². The van der Waals surface area contributed by atoms with Crippen molar-refractivity contribution in [2.24, 2.45) is 0 Å². The Bertz CT molecular complexity index is 854. The van der Waals surface area contributed by atoms with Crippen LogP contribution in [-0.2, 0) is 9.59 Å². The summed E-state index contributed by atoms with van der Waals surface area (Å²) in [6.45, 7) is 0. The summed E-state index contributed by atoms with van der Waals surface area (Å²) in [5, 5.41) is 10.2. The van der Waals surface area contributed by atoms with E-state index in [9.17, 15) is 14.7 Å². The first-order chi connectivity index (χ1) is 12.5. The van der Waals surface area contributed by atoms with Gasteiger partial charge < -0.3 is 10.0 Å². The van der Waals surface area contributed by atoms with Crippen LogP contribution in [0.15, 0.2) is 48.3 Å². The van der Waals surface area contributed by atoms with Crippen molar-refractivity contribution in [1.82, 2.24) is 14.9 Å². The minimum absolute atomic E-state index is 0.133. The van der Waals surface area contributed by atoms with E-state index in [1.165, 1.54) is 4.90 Å². The number of carboxylic acids is 1. The van der Waals surface area contributed by atoms with E-state index in [0.29, 0.717) is 22.0 Å². The molecule has 134 valence electrons. The van der Waals surface area contributed by atoms with Gasteiger partial charge >= 0.3 is 5.97 Å². The Hall–Kier alpha value is -2.44. The molecule has 2 aromatic rings. The summed E-state index contributed by atoms with van der Waals surface area (Å²) in [5.41, 5.74) is 2.05. The molecule has 8 heteroatoms. The standard InChI is InChI=1S/C18H15Cl2N3O3/c19-5-4-15(24)23(14-2-3-14)16(18(25)26)11-8-12(10-13(20)9-11)17-21-6-1-7-22-17/h1,4-10,14,16H,2-3H2,(H,25,26)/b5-4-. The molecular weight excluding hydrogens is 377 g/mol. The molecule has 0 spiro atoms. The SMILES string of the molecule is O=C(O)C(c1cc(Cl)cc(-c2ncccn2)c1)N(C(=O)/C=C\Cl)C1CC1. The number of carboxylic acid groups (broad SMARTS) is 1. The van der Waals surface area contributed by atoms with Crippen LogP contribution in [0.4, 0.5) is 0 Å². The predicted octanol–water partition coefficient (Wildman–Crippen LogP) is 3.67. The lowest BCUT2D eigenvalue weighted by atomic mass is 10.0. The number of halogens is 2. The van der Waals surface area contributed by atoms with Crippen LogP contribution >= 0.6 is 23.2 Å². The van der Waals surface area contributed by atoms with Gasteiger partial charge in [0.2, 0.25) is 5.91 Å². The number of carbonyl (C=O) groups is 2. The van der Waals surface area contributed by atoms with E-state index in [1.54, 1.807) is 36.7 Å². The van der Waals surface area contributed by atoms with Crippen molar-refractivity contribution in [2.45, 2.75) is 24.9 Å². The zero-order chi connectivity index (χ0) is 18.7. The number of rotatable bonds is 6. The van der Waals surface area contributed by atoms with Gasteiger partial charge in [0.1, 0.15) is 0 Å². The second-order valence-electron chi connectivity index (χ2n) is 5.86. The third-order valence-electron chi connectivity index (χ3n) is 3.97. The van der Waals surface area contributed by atoms with Gasteiger partial charge in [-0.1, -0.05) is 23.2 Å². The minimum Gasteiger partial charge on any atom is -0.479 e. The molecule has 1 aromatic heterocycles. The van der Waals surface area contributed by atoms with Crippen LogP contribution in [0, 0.1) is 0 Å². The normalized spacial score (nSPS) is 15.0. The number of benzene rings is 1. The Labute approximate surface area is 160 Å². The van der Waals surface area contributed by atoms with Crippen molar-refractivity contribution in [2.75, 3.05) is 0 Å². The van der Waals surface area contributed by atoms with Gasteiger partial charge in [0.05, 0.1) is 0 Å². The van der Waals surface area contributed by atoms with E-state index in [1.807, 2.05) is 0 Å². The third-order valence-corrected chi connectivity index (χ3v) is 4.32. The van der Waals surface area contributed by atoms with E-state index < -0.39 is 17.9 Å². The summed E-state index contributed by atoms with van der Waals surface area (Å²) in [6.07, 6.45) is 5.83. The van der Waals surface area contributed by atoms with E-state index in [2.05, 4.69) is 9.97 Å². The van der Waals surface area contributed by atoms with Crippen molar-refractivity contribution in [3.05, 3.63) is 58.9 Å². The molecule has 0 bridgehead atoms. The average Bonchev–Trinajstić information content (AvgIpc) is 3.44. The molecule has 6 nitrogen and oxygen atoms in total. The molecule has 3 rings (SSSR count). The van der Waals surface area contributed by atoms with Gasteiger partial charge in [0, 0.05) is 40.6 Å². The first kappa shape index (κ1) is 18.4. The maximum absolute atomic E-state index is 12.4. The Balaban J connectivity index is 2.07. The van der Waals surface area contributed by atoms with Gasteiger partial charge in [0.15, 0.2) is 11.9 Å². The monoisotopic (exact) mass is 391 g/mol. The molecule has 1 fully saturated rings. The summed E-state index contributed by atoms with van der Waals surface area (Å²) in [7, 11) is 0. The highest BCUT2D eigenvalue weighted by Crippen LogP contribution is 2.37. The number of aromatic nitrogens is 2. The highest BCUT2D eigenvalue weighted by molar-refractivity contribution is 6.31. The molecule has 0 radical (unpaired) electrons. The number of hydrogen-bond acceptors (Lipinski definition) is 4. The Kier molecular flexibility index (Phi) is 5.54. The topological polar surface area (TPSA) is 83.4 Å². The molecule has 1 aliphatic rings. The summed E-state index contributed by atoms with van der Waals surface area (Å²) in [6, 6.07) is 5.21. The second kappa shape index (κ2) is 7.85. The summed E-state index contributed by atoms with van der Waals surface area (Å²) in [5.74, 6) is -1.17. The molecule has 1 heterocycles. The Morgan fingerprint density at radius 2 is 1.92 bits per heavy atom. The smallest absolute Gasteiger partial charge is 0.331 e. The number of aliphatic carboxylic acids is 1. The lowest BCUT2D eigenvalue weighted by Crippen LogP contribution is -2.39. The number of hydrogen-bond donors (Lipinski definition) is 1. The van der Waals surface area contributed by atoms with Crippen molar-refractivity contribution < 1.29 is 14.7 Å². The van der Waals surface area contributed by atoms with Gasteiger partial charge in [-0.05, 0) is 42.7 Å². The molecular formula is C18H15Cl2N3O3. The van der Waals surface area contributed by atoms with Crippen LogP contribution in [0.1, 0.15) is 24.4 Å². The summed E-state index contributed by atoms with van der Waals surface area (Å²) >= 11 is 11.7. The molecule has 1 N–H and O–H groups in total. The molecule has 0 saturated heterocycles. The fraction of sp³-hybridized carbons (Fsp3) is 0.222. The van der Waals surface area contributed by atoms with Crippen LogP contribution in [-0.4, -0.2) is 37.9 Å². The number of amides is 1. The van der Waals surface area contributed by atoms with Crippen molar-refractivity contribution in [3.8, 4) is 11.4 Å². The molecule has 1 unspecified atom stereocenters. The van der Waals surface area contributed by atoms with Crippen LogP contribution in [0.3, 0.4) is 0 Å². The quantitative estimate of drug-likeness (QED) is 0.759. The molecule has 0 aliphatic heterocycles. The van der Waals surface area contributed by atoms with E-state index in [-0.39, 0.29) is 6.04 Å². The zero-order valence-corrected chi connectivity index (χ0v) is 15.1. The third kappa shape index (κ3) is 4.03. The van der Waals surface area contributed by atoms with Crippen molar-refractivity contribution in [1.29, 1.82) is 0 Å². The van der Waals surface area contributed by atoms with Crippen molar-refractivity contribution >= 4 is 35.1 Å². The number of carbonyl (C=O) groups excluding carboxylic acids is 1. The highest BCUT2D eigenvalue weighted by atomic mass is 35.5. The second-order valence-corrected chi connectivity index (χ2v) is 6.54. The molecule has 26 heavy (non-hydrogen) atoms. The predicted molar refractivity (Wildman–Crippen MR) is 97.7 cm³/mol. The molecule has 1 atom stereocenters. The highest BCUT2D eigenvalue weighted by Gasteiger charge is 2.40. The first-order valence-electron chi connectivity index (χ1n) is 7.91. The minimum atomic E-state index is -1.18. The van der Waals surface area contributed by atoms with E-state index in [4.69, 9.17) is 23.2 Å². The summed E-state index contributed by atoms with van der Waals surface area (Å²) < 4.78 is 0. The van der Waals surface area contributed by atoms with E-state index >= 15 is 0 Å². The maximum atomic E-state index is 12.4. The fourth-order valence-corrected chi connectivity index (χ4v) is 3.13. The van der Waals surface area contributed by atoms with E-state index in [0.717, 1.165) is 24.5 Å². The van der Waals surface area contributed by atoms with Crippen LogP contribution in [0.25, 0.3) is 11.4 Å². The zero-order valence-electron chi connectivity index (χ0n) is 13.5. The van der Waals surface area contributed by atoms with Gasteiger partial charge in [-0.3, -0.25) is 4.79 Å². The molecule has 1 aliphatic carbocycles. The molecule has 1 aromatic carbocycles. The van der Waals surface area contributed by atoms with Crippen LogP contribution < -0.4 is 0 Å².